The SMILES string of the molecule is CC(C)[C@@H](N)c1nc(CC2CCCCO2)no1. The van der Waals surface area contributed by atoms with Crippen molar-refractivity contribution in [1.82, 2.24) is 10.1 Å². The molecule has 1 aromatic heterocycles. The Labute approximate surface area is 102 Å². The first kappa shape index (κ1) is 12.5. The van der Waals surface area contributed by atoms with Crippen LogP contribution in [0.5, 0.6) is 0 Å². The van der Waals surface area contributed by atoms with Crippen molar-refractivity contribution in [2.24, 2.45) is 11.7 Å². The standard InChI is InChI=1S/C12H21N3O2/c1-8(2)11(13)12-14-10(15-17-12)7-9-5-3-4-6-16-9/h8-9,11H,3-7,13H2,1-2H3/t9?,11-/m1/s1. The van der Waals surface area contributed by atoms with Gasteiger partial charge in [0.25, 0.3) is 0 Å². The number of rotatable bonds is 4. The fraction of sp³-hybridized carbons (Fsp3) is 0.833. The molecule has 96 valence electrons. The van der Waals surface area contributed by atoms with Crippen molar-refractivity contribution < 1.29 is 9.26 Å². The normalized spacial score (nSPS) is 22.9. The average Bonchev–Trinajstić information content (AvgIpc) is 2.77. The third-order valence-corrected chi connectivity index (χ3v) is 3.17. The second-order valence-corrected chi connectivity index (χ2v) is 5.01. The van der Waals surface area contributed by atoms with Gasteiger partial charge in [-0.2, -0.15) is 4.98 Å². The molecular weight excluding hydrogens is 218 g/mol. The first-order chi connectivity index (χ1) is 8.16. The molecule has 0 amide bonds. The number of aromatic nitrogens is 2. The zero-order valence-electron chi connectivity index (χ0n) is 10.6. The van der Waals surface area contributed by atoms with Gasteiger partial charge in [0, 0.05) is 13.0 Å². The van der Waals surface area contributed by atoms with Gasteiger partial charge in [0.1, 0.15) is 0 Å². The Bertz CT molecular complexity index is 345. The highest BCUT2D eigenvalue weighted by atomic mass is 16.5. The summed E-state index contributed by atoms with van der Waals surface area (Å²) >= 11 is 0. The lowest BCUT2D eigenvalue weighted by Gasteiger charge is -2.20. The molecule has 5 heteroatoms. The maximum absolute atomic E-state index is 5.96. The molecule has 1 aliphatic rings. The van der Waals surface area contributed by atoms with Crippen LogP contribution in [0.1, 0.15) is 50.9 Å². The first-order valence-electron chi connectivity index (χ1n) is 6.36. The summed E-state index contributed by atoms with van der Waals surface area (Å²) in [5, 5.41) is 3.97. The Hall–Kier alpha value is -0.940. The minimum absolute atomic E-state index is 0.177. The van der Waals surface area contributed by atoms with Gasteiger partial charge in [-0.3, -0.25) is 0 Å². The van der Waals surface area contributed by atoms with Gasteiger partial charge >= 0.3 is 0 Å². The van der Waals surface area contributed by atoms with Gasteiger partial charge in [0.2, 0.25) is 5.89 Å². The fourth-order valence-electron chi connectivity index (χ4n) is 1.94. The molecule has 1 aliphatic heterocycles. The van der Waals surface area contributed by atoms with Gasteiger partial charge < -0.3 is 15.0 Å². The van der Waals surface area contributed by atoms with Crippen LogP contribution in [0.4, 0.5) is 0 Å². The lowest BCUT2D eigenvalue weighted by atomic mass is 10.1. The number of nitrogens with two attached hydrogens (primary N) is 1. The summed E-state index contributed by atoms with van der Waals surface area (Å²) in [6, 6.07) is -0.177. The van der Waals surface area contributed by atoms with Crippen molar-refractivity contribution in [3.8, 4) is 0 Å². The van der Waals surface area contributed by atoms with Crippen LogP contribution in [0.25, 0.3) is 0 Å². The molecule has 0 radical (unpaired) electrons. The quantitative estimate of drug-likeness (QED) is 0.867. The van der Waals surface area contributed by atoms with E-state index < -0.39 is 0 Å². The van der Waals surface area contributed by atoms with Crippen LogP contribution in [0.3, 0.4) is 0 Å². The van der Waals surface area contributed by atoms with Crippen molar-refractivity contribution >= 4 is 0 Å². The van der Waals surface area contributed by atoms with E-state index in [4.69, 9.17) is 15.0 Å². The molecule has 0 aliphatic carbocycles. The highest BCUT2D eigenvalue weighted by molar-refractivity contribution is 4.94. The van der Waals surface area contributed by atoms with Crippen LogP contribution >= 0.6 is 0 Å². The summed E-state index contributed by atoms with van der Waals surface area (Å²) < 4.78 is 10.8. The largest absolute Gasteiger partial charge is 0.378 e. The molecule has 0 bridgehead atoms. The van der Waals surface area contributed by atoms with Crippen LogP contribution in [0.2, 0.25) is 0 Å². The van der Waals surface area contributed by atoms with E-state index in [1.165, 1.54) is 6.42 Å². The summed E-state index contributed by atoms with van der Waals surface area (Å²) in [7, 11) is 0. The molecule has 0 saturated carbocycles. The Kier molecular flexibility index (Phi) is 4.12. The molecule has 2 heterocycles. The van der Waals surface area contributed by atoms with Crippen molar-refractivity contribution in [1.29, 1.82) is 0 Å². The molecule has 2 atom stereocenters. The third-order valence-electron chi connectivity index (χ3n) is 3.17. The average molecular weight is 239 g/mol. The van der Waals surface area contributed by atoms with Crippen molar-refractivity contribution in [3.63, 3.8) is 0 Å². The maximum atomic E-state index is 5.96. The monoisotopic (exact) mass is 239 g/mol. The number of ether oxygens (including phenoxy) is 1. The summed E-state index contributed by atoms with van der Waals surface area (Å²) in [6.45, 7) is 4.93. The van der Waals surface area contributed by atoms with Crippen LogP contribution < -0.4 is 5.73 Å². The highest BCUT2D eigenvalue weighted by Gasteiger charge is 2.21. The van der Waals surface area contributed by atoms with Crippen LogP contribution in [-0.2, 0) is 11.2 Å². The number of nitrogens with zero attached hydrogens (tertiary/aromatic N) is 2. The second kappa shape index (κ2) is 5.60. The molecule has 2 N–H and O–H groups in total. The highest BCUT2D eigenvalue weighted by Crippen LogP contribution is 2.19. The molecule has 1 saturated heterocycles. The van der Waals surface area contributed by atoms with E-state index in [0.29, 0.717) is 17.6 Å². The summed E-state index contributed by atoms with van der Waals surface area (Å²) in [4.78, 5) is 4.34. The molecule has 1 unspecified atom stereocenters. The van der Waals surface area contributed by atoms with Gasteiger partial charge in [-0.1, -0.05) is 19.0 Å². The van der Waals surface area contributed by atoms with Crippen molar-refractivity contribution in [2.45, 2.75) is 51.7 Å². The number of hydrogen-bond acceptors (Lipinski definition) is 5. The maximum Gasteiger partial charge on any atom is 0.243 e. The van der Waals surface area contributed by atoms with E-state index in [9.17, 15) is 0 Å². The molecule has 2 rings (SSSR count). The Morgan fingerprint density at radius 1 is 1.41 bits per heavy atom. The predicted octanol–water partition coefficient (Wildman–Crippen LogP) is 1.84. The lowest BCUT2D eigenvalue weighted by Crippen LogP contribution is -2.22. The lowest BCUT2D eigenvalue weighted by molar-refractivity contribution is 0.0153. The van der Waals surface area contributed by atoms with Crippen LogP contribution in [0.15, 0.2) is 4.52 Å². The minimum Gasteiger partial charge on any atom is -0.378 e. The van der Waals surface area contributed by atoms with Crippen molar-refractivity contribution in [3.05, 3.63) is 11.7 Å². The van der Waals surface area contributed by atoms with E-state index in [2.05, 4.69) is 10.1 Å². The van der Waals surface area contributed by atoms with E-state index in [1.807, 2.05) is 13.8 Å². The zero-order chi connectivity index (χ0) is 12.3. The Morgan fingerprint density at radius 3 is 2.88 bits per heavy atom. The van der Waals surface area contributed by atoms with E-state index in [1.54, 1.807) is 0 Å². The van der Waals surface area contributed by atoms with Crippen LogP contribution in [0, 0.1) is 5.92 Å². The molecule has 5 nitrogen and oxygen atoms in total. The van der Waals surface area contributed by atoms with Gasteiger partial charge in [-0.15, -0.1) is 0 Å². The first-order valence-corrected chi connectivity index (χ1v) is 6.36. The van der Waals surface area contributed by atoms with Gasteiger partial charge in [-0.05, 0) is 25.2 Å². The van der Waals surface area contributed by atoms with Gasteiger partial charge in [-0.25, -0.2) is 0 Å². The van der Waals surface area contributed by atoms with E-state index in [0.717, 1.165) is 25.9 Å². The topological polar surface area (TPSA) is 74.2 Å². The molecule has 1 fully saturated rings. The van der Waals surface area contributed by atoms with Crippen molar-refractivity contribution in [2.75, 3.05) is 6.61 Å². The fourth-order valence-corrected chi connectivity index (χ4v) is 1.94. The summed E-state index contributed by atoms with van der Waals surface area (Å²) in [5.74, 6) is 1.54. The second-order valence-electron chi connectivity index (χ2n) is 5.01. The number of hydrogen-bond donors (Lipinski definition) is 1. The van der Waals surface area contributed by atoms with E-state index >= 15 is 0 Å². The van der Waals surface area contributed by atoms with Crippen LogP contribution in [-0.4, -0.2) is 22.9 Å². The smallest absolute Gasteiger partial charge is 0.243 e. The van der Waals surface area contributed by atoms with Gasteiger partial charge in [0.05, 0.1) is 12.1 Å². The molecule has 1 aromatic rings. The Balaban J connectivity index is 1.93. The van der Waals surface area contributed by atoms with Gasteiger partial charge in [0.15, 0.2) is 5.82 Å². The zero-order valence-corrected chi connectivity index (χ0v) is 10.6. The molecule has 0 aromatic carbocycles. The predicted molar refractivity (Wildman–Crippen MR) is 63.4 cm³/mol. The summed E-state index contributed by atoms with van der Waals surface area (Å²) in [5.41, 5.74) is 5.96. The minimum atomic E-state index is -0.177. The molecule has 17 heavy (non-hydrogen) atoms. The summed E-state index contributed by atoms with van der Waals surface area (Å²) in [6.07, 6.45) is 4.44. The molecular formula is C12H21N3O2. The third kappa shape index (κ3) is 3.26. The molecule has 0 spiro atoms. The van der Waals surface area contributed by atoms with E-state index in [-0.39, 0.29) is 12.1 Å². The Morgan fingerprint density at radius 2 is 2.24 bits per heavy atom.